The molecular formula is C19H29N5O. The van der Waals surface area contributed by atoms with Crippen LogP contribution >= 0.6 is 0 Å². The molecule has 4 heterocycles. The van der Waals surface area contributed by atoms with E-state index >= 15 is 0 Å². The molecule has 0 aliphatic carbocycles. The minimum absolute atomic E-state index is 0.187. The molecule has 4 rings (SSSR count). The van der Waals surface area contributed by atoms with E-state index in [0.29, 0.717) is 18.5 Å². The number of aryl methyl sites for hydroxylation is 1. The fourth-order valence-corrected chi connectivity index (χ4v) is 4.18. The Morgan fingerprint density at radius 1 is 1.32 bits per heavy atom. The highest BCUT2D eigenvalue weighted by Gasteiger charge is 2.35. The number of nitriles is 1. The van der Waals surface area contributed by atoms with Gasteiger partial charge >= 0.3 is 0 Å². The molecule has 136 valence electrons. The van der Waals surface area contributed by atoms with E-state index in [4.69, 9.17) is 0 Å². The standard InChI is InChI=1S/C19H29N5O/c1-4-23-11-16(7-18(23)8-20)12-24-10-15-5-6-17(24)13-22(9-15)14-19(25)21(2)3/h7,11,15,17H,4-6,9-10,12-14H2,1-3H3/t15-,17+/m1/s1. The molecular weight excluding hydrogens is 314 g/mol. The Balaban J connectivity index is 1.67. The van der Waals surface area contributed by atoms with Gasteiger partial charge in [-0.1, -0.05) is 0 Å². The van der Waals surface area contributed by atoms with E-state index in [9.17, 15) is 10.1 Å². The molecule has 1 aromatic heterocycles. The number of aromatic nitrogens is 1. The van der Waals surface area contributed by atoms with Crippen LogP contribution in [0.3, 0.4) is 0 Å². The van der Waals surface area contributed by atoms with Gasteiger partial charge in [-0.15, -0.1) is 0 Å². The van der Waals surface area contributed by atoms with Crippen LogP contribution in [0.15, 0.2) is 12.3 Å². The molecule has 1 aromatic rings. The predicted molar refractivity (Wildman–Crippen MR) is 96.9 cm³/mol. The van der Waals surface area contributed by atoms with Crippen molar-refractivity contribution in [3.05, 3.63) is 23.5 Å². The van der Waals surface area contributed by atoms with Crippen molar-refractivity contribution in [1.29, 1.82) is 5.26 Å². The Bertz CT molecular complexity index is 659. The van der Waals surface area contributed by atoms with Gasteiger partial charge in [-0.3, -0.25) is 14.6 Å². The van der Waals surface area contributed by atoms with Gasteiger partial charge in [0.25, 0.3) is 0 Å². The third kappa shape index (κ3) is 4.05. The fourth-order valence-electron chi connectivity index (χ4n) is 4.18. The molecule has 2 bridgehead atoms. The first-order valence-electron chi connectivity index (χ1n) is 9.25. The van der Waals surface area contributed by atoms with E-state index in [2.05, 4.69) is 29.0 Å². The highest BCUT2D eigenvalue weighted by atomic mass is 16.2. The molecule has 3 saturated heterocycles. The van der Waals surface area contributed by atoms with Gasteiger partial charge in [0, 0.05) is 59.1 Å². The third-order valence-corrected chi connectivity index (χ3v) is 5.55. The number of nitrogens with zero attached hydrogens (tertiary/aromatic N) is 5. The van der Waals surface area contributed by atoms with Gasteiger partial charge in [0.1, 0.15) is 11.8 Å². The predicted octanol–water partition coefficient (Wildman–Crippen LogP) is 1.36. The van der Waals surface area contributed by atoms with Crippen molar-refractivity contribution >= 4 is 5.91 Å². The van der Waals surface area contributed by atoms with E-state index in [0.717, 1.165) is 38.4 Å². The second-order valence-electron chi connectivity index (χ2n) is 7.64. The van der Waals surface area contributed by atoms with Crippen LogP contribution in [-0.2, 0) is 17.9 Å². The minimum atomic E-state index is 0.187. The maximum atomic E-state index is 12.1. The SMILES string of the molecule is CCn1cc(CN2C[C@@H]3CC[C@H]2CN(CC(=O)N(C)C)C3)cc1C#N. The lowest BCUT2D eigenvalue weighted by atomic mass is 9.94. The molecule has 2 atom stereocenters. The largest absolute Gasteiger partial charge is 0.348 e. The number of carbonyl (C=O) groups excluding carboxylic acids is 1. The Kier molecular flexibility index (Phi) is 5.45. The molecule has 25 heavy (non-hydrogen) atoms. The molecule has 3 aliphatic rings. The van der Waals surface area contributed by atoms with Gasteiger partial charge in [-0.25, -0.2) is 0 Å². The topological polar surface area (TPSA) is 55.5 Å². The van der Waals surface area contributed by atoms with E-state index < -0.39 is 0 Å². The summed E-state index contributed by atoms with van der Waals surface area (Å²) < 4.78 is 2.02. The van der Waals surface area contributed by atoms with Gasteiger partial charge in [0.05, 0.1) is 6.54 Å². The number of hydrogen-bond acceptors (Lipinski definition) is 4. The van der Waals surface area contributed by atoms with Crippen LogP contribution in [0, 0.1) is 17.2 Å². The lowest BCUT2D eigenvalue weighted by molar-refractivity contribution is -0.130. The van der Waals surface area contributed by atoms with Crippen LogP contribution in [0.25, 0.3) is 0 Å². The number of rotatable bonds is 5. The summed E-state index contributed by atoms with van der Waals surface area (Å²) in [6.07, 6.45) is 4.58. The second kappa shape index (κ2) is 7.59. The summed E-state index contributed by atoms with van der Waals surface area (Å²) in [5, 5.41) is 9.26. The molecule has 0 N–H and O–H groups in total. The molecule has 0 radical (unpaired) electrons. The second-order valence-corrected chi connectivity index (χ2v) is 7.64. The quantitative estimate of drug-likeness (QED) is 0.810. The van der Waals surface area contributed by atoms with Gasteiger partial charge in [-0.05, 0) is 37.3 Å². The van der Waals surface area contributed by atoms with Crippen LogP contribution in [0.4, 0.5) is 0 Å². The zero-order valence-electron chi connectivity index (χ0n) is 15.6. The monoisotopic (exact) mass is 343 g/mol. The summed E-state index contributed by atoms with van der Waals surface area (Å²) in [4.78, 5) is 18.7. The normalized spacial score (nSPS) is 24.1. The molecule has 0 saturated carbocycles. The van der Waals surface area contributed by atoms with Crippen molar-refractivity contribution in [2.75, 3.05) is 40.3 Å². The molecule has 3 aliphatic heterocycles. The Morgan fingerprint density at radius 2 is 2.12 bits per heavy atom. The number of carbonyl (C=O) groups is 1. The Hall–Kier alpha value is -1.84. The Labute approximate surface area is 150 Å². The van der Waals surface area contributed by atoms with E-state index in [1.54, 1.807) is 4.90 Å². The molecule has 0 aromatic carbocycles. The first-order chi connectivity index (χ1) is 12.0. The van der Waals surface area contributed by atoms with Crippen molar-refractivity contribution in [2.45, 2.75) is 38.9 Å². The van der Waals surface area contributed by atoms with Gasteiger partial charge in [-0.2, -0.15) is 5.26 Å². The molecule has 3 fully saturated rings. The summed E-state index contributed by atoms with van der Waals surface area (Å²) in [6.45, 7) is 7.41. The molecule has 6 heteroatoms. The van der Waals surface area contributed by atoms with Crippen molar-refractivity contribution in [3.63, 3.8) is 0 Å². The zero-order chi connectivity index (χ0) is 18.0. The number of piperidine rings is 1. The lowest BCUT2D eigenvalue weighted by Gasteiger charge is -2.36. The van der Waals surface area contributed by atoms with Crippen LogP contribution in [0.1, 0.15) is 31.0 Å². The minimum Gasteiger partial charge on any atom is -0.348 e. The van der Waals surface area contributed by atoms with E-state index in [1.807, 2.05) is 24.7 Å². The summed E-state index contributed by atoms with van der Waals surface area (Å²) in [6, 6.07) is 4.81. The highest BCUT2D eigenvalue weighted by Crippen LogP contribution is 2.29. The number of likely N-dealkylation sites (N-methyl/N-ethyl adjacent to an activating group) is 1. The first kappa shape index (κ1) is 18.0. The van der Waals surface area contributed by atoms with Crippen LogP contribution in [0.5, 0.6) is 0 Å². The van der Waals surface area contributed by atoms with Crippen molar-refractivity contribution in [1.82, 2.24) is 19.3 Å². The molecule has 1 amide bonds. The smallest absolute Gasteiger partial charge is 0.236 e. The zero-order valence-corrected chi connectivity index (χ0v) is 15.6. The number of hydrogen-bond donors (Lipinski definition) is 0. The number of amides is 1. The maximum Gasteiger partial charge on any atom is 0.236 e. The molecule has 0 unspecified atom stereocenters. The number of fused-ring (bicyclic) bond motifs is 4. The van der Waals surface area contributed by atoms with Crippen LogP contribution < -0.4 is 0 Å². The highest BCUT2D eigenvalue weighted by molar-refractivity contribution is 5.77. The fraction of sp³-hybridized carbons (Fsp3) is 0.684. The maximum absolute atomic E-state index is 12.1. The summed E-state index contributed by atoms with van der Waals surface area (Å²) in [5.74, 6) is 0.823. The molecule has 6 nitrogen and oxygen atoms in total. The molecule has 0 spiro atoms. The summed E-state index contributed by atoms with van der Waals surface area (Å²) >= 11 is 0. The first-order valence-corrected chi connectivity index (χ1v) is 9.25. The van der Waals surface area contributed by atoms with E-state index in [-0.39, 0.29) is 5.91 Å². The Morgan fingerprint density at radius 3 is 2.76 bits per heavy atom. The summed E-state index contributed by atoms with van der Waals surface area (Å²) in [5.41, 5.74) is 1.97. The van der Waals surface area contributed by atoms with Crippen LogP contribution in [-0.4, -0.2) is 71.5 Å². The van der Waals surface area contributed by atoms with E-state index in [1.165, 1.54) is 18.4 Å². The van der Waals surface area contributed by atoms with Gasteiger partial charge < -0.3 is 9.47 Å². The summed E-state index contributed by atoms with van der Waals surface area (Å²) in [7, 11) is 3.65. The van der Waals surface area contributed by atoms with Crippen LogP contribution in [0.2, 0.25) is 0 Å². The van der Waals surface area contributed by atoms with Crippen molar-refractivity contribution in [3.8, 4) is 6.07 Å². The average molecular weight is 343 g/mol. The lowest BCUT2D eigenvalue weighted by Crippen LogP contribution is -2.44. The third-order valence-electron chi connectivity index (χ3n) is 5.55. The van der Waals surface area contributed by atoms with Gasteiger partial charge in [0.15, 0.2) is 0 Å². The van der Waals surface area contributed by atoms with Crippen molar-refractivity contribution < 1.29 is 4.79 Å². The average Bonchev–Trinajstić information content (AvgIpc) is 2.78. The van der Waals surface area contributed by atoms with Gasteiger partial charge in [0.2, 0.25) is 5.91 Å². The van der Waals surface area contributed by atoms with Crippen molar-refractivity contribution in [2.24, 2.45) is 5.92 Å².